The van der Waals surface area contributed by atoms with Crippen LogP contribution >= 0.6 is 0 Å². The fraction of sp³-hybridized carbons (Fsp3) is 0.192. The van der Waals surface area contributed by atoms with Gasteiger partial charge >= 0.3 is 0 Å². The topological polar surface area (TPSA) is 117 Å². The molecule has 0 saturated heterocycles. The number of nitrogens with zero attached hydrogens (tertiary/aromatic N) is 2. The third-order valence-electron chi connectivity index (χ3n) is 5.30. The molecule has 0 fully saturated rings. The molecular formula is C26H28N4O5S. The number of hydrazone groups is 1. The van der Waals surface area contributed by atoms with E-state index in [1.807, 2.05) is 37.3 Å². The van der Waals surface area contributed by atoms with Crippen molar-refractivity contribution in [3.05, 3.63) is 95.6 Å². The summed E-state index contributed by atoms with van der Waals surface area (Å²) >= 11 is 0. The van der Waals surface area contributed by atoms with E-state index in [4.69, 9.17) is 4.74 Å². The maximum absolute atomic E-state index is 12.3. The number of sulfonamides is 1. The number of carbonyl (C=O) groups is 2. The smallest absolute Gasteiger partial charge is 0.271 e. The van der Waals surface area contributed by atoms with Crippen LogP contribution in [0.25, 0.3) is 0 Å². The Morgan fingerprint density at radius 3 is 2.25 bits per heavy atom. The minimum atomic E-state index is -3.38. The number of ether oxygens (including phenoxy) is 1. The molecule has 3 aromatic carbocycles. The van der Waals surface area contributed by atoms with Crippen molar-refractivity contribution >= 4 is 33.7 Å². The molecule has 2 N–H and O–H groups in total. The number of carbonyl (C=O) groups excluding carboxylic acids is 2. The summed E-state index contributed by atoms with van der Waals surface area (Å²) in [4.78, 5) is 24.4. The normalized spacial score (nSPS) is 12.1. The van der Waals surface area contributed by atoms with Gasteiger partial charge in [-0.1, -0.05) is 30.3 Å². The zero-order chi connectivity index (χ0) is 26.1. The molecule has 0 bridgehead atoms. The van der Waals surface area contributed by atoms with Crippen molar-refractivity contribution in [2.75, 3.05) is 24.2 Å². The number of hydrogen-bond donors (Lipinski definition) is 2. The van der Waals surface area contributed by atoms with Gasteiger partial charge in [-0.25, -0.2) is 13.8 Å². The van der Waals surface area contributed by atoms with Crippen LogP contribution in [0.5, 0.6) is 5.75 Å². The first-order chi connectivity index (χ1) is 17.1. The minimum absolute atomic E-state index is 0.112. The number of hydrogen-bond acceptors (Lipinski definition) is 6. The number of anilines is 1. The van der Waals surface area contributed by atoms with Gasteiger partial charge in [0.15, 0.2) is 6.61 Å². The Hall–Kier alpha value is -4.18. The zero-order valence-electron chi connectivity index (χ0n) is 20.2. The molecular weight excluding hydrogens is 480 g/mol. The molecule has 36 heavy (non-hydrogen) atoms. The molecule has 9 nitrogen and oxygen atoms in total. The Morgan fingerprint density at radius 2 is 1.64 bits per heavy atom. The van der Waals surface area contributed by atoms with Crippen molar-refractivity contribution in [1.82, 2.24) is 10.7 Å². The van der Waals surface area contributed by atoms with Crippen LogP contribution in [0.15, 0.2) is 84.0 Å². The van der Waals surface area contributed by atoms with Gasteiger partial charge in [-0.3, -0.25) is 13.9 Å². The minimum Gasteiger partial charge on any atom is -0.484 e. The third-order valence-corrected chi connectivity index (χ3v) is 6.50. The first-order valence-corrected chi connectivity index (χ1v) is 12.9. The zero-order valence-corrected chi connectivity index (χ0v) is 21.0. The van der Waals surface area contributed by atoms with Crippen molar-refractivity contribution in [3.63, 3.8) is 0 Å². The largest absolute Gasteiger partial charge is 0.484 e. The fourth-order valence-corrected chi connectivity index (χ4v) is 3.66. The number of nitrogens with one attached hydrogen (secondary N) is 2. The summed E-state index contributed by atoms with van der Waals surface area (Å²) < 4.78 is 29.9. The Balaban J connectivity index is 1.46. The molecule has 3 aromatic rings. The molecule has 0 aliphatic carbocycles. The summed E-state index contributed by atoms with van der Waals surface area (Å²) in [6.45, 7) is 1.80. The number of rotatable bonds is 10. The Labute approximate surface area is 210 Å². The monoisotopic (exact) mass is 508 g/mol. The first-order valence-electron chi connectivity index (χ1n) is 11.1. The maximum atomic E-state index is 12.3. The highest BCUT2D eigenvalue weighted by Crippen LogP contribution is 2.16. The third kappa shape index (κ3) is 7.67. The van der Waals surface area contributed by atoms with Crippen molar-refractivity contribution in [2.45, 2.75) is 13.0 Å². The van der Waals surface area contributed by atoms with Gasteiger partial charge in [0.25, 0.3) is 11.8 Å². The van der Waals surface area contributed by atoms with Crippen LogP contribution in [-0.4, -0.2) is 46.4 Å². The van der Waals surface area contributed by atoms with Gasteiger partial charge in [-0.05, 0) is 66.6 Å². The lowest BCUT2D eigenvalue weighted by molar-refractivity contribution is -0.123. The molecule has 0 radical (unpaired) electrons. The number of amides is 2. The second-order valence-electron chi connectivity index (χ2n) is 8.03. The van der Waals surface area contributed by atoms with E-state index in [0.717, 1.165) is 21.7 Å². The van der Waals surface area contributed by atoms with Crippen LogP contribution in [0.3, 0.4) is 0 Å². The van der Waals surface area contributed by atoms with Gasteiger partial charge in [0, 0.05) is 12.6 Å². The highest BCUT2D eigenvalue weighted by molar-refractivity contribution is 7.92. The van der Waals surface area contributed by atoms with Gasteiger partial charge in [-0.15, -0.1) is 0 Å². The lowest BCUT2D eigenvalue weighted by Gasteiger charge is -2.16. The molecule has 0 aromatic heterocycles. The van der Waals surface area contributed by atoms with Crippen LogP contribution in [0.2, 0.25) is 0 Å². The summed E-state index contributed by atoms with van der Waals surface area (Å²) in [5.74, 6) is -0.135. The summed E-state index contributed by atoms with van der Waals surface area (Å²) in [5, 5.41) is 6.83. The SMILES string of the molecule is C[C@@H](NC(=O)COc1ccc(/C=N\NC(=O)c2ccc(N(C)S(C)(=O)=O)cc2)cc1)c1ccccc1. The van der Waals surface area contributed by atoms with E-state index in [0.29, 0.717) is 17.0 Å². The molecule has 0 unspecified atom stereocenters. The standard InChI is InChI=1S/C26H28N4O5S/c1-19(21-7-5-4-6-8-21)28-25(31)18-35-24-15-9-20(10-16-24)17-27-29-26(32)22-11-13-23(14-12-22)30(2)36(3,33)34/h4-17,19H,18H2,1-3H3,(H,28,31)(H,29,32)/b27-17-/t19-/m1/s1. The lowest BCUT2D eigenvalue weighted by atomic mass is 10.1. The summed E-state index contributed by atoms with van der Waals surface area (Å²) in [6, 6.07) is 22.6. The van der Waals surface area contributed by atoms with Gasteiger partial charge in [-0.2, -0.15) is 5.10 Å². The fourth-order valence-electron chi connectivity index (χ4n) is 3.15. The lowest BCUT2D eigenvalue weighted by Crippen LogP contribution is -2.31. The Morgan fingerprint density at radius 1 is 1.00 bits per heavy atom. The molecule has 3 rings (SSSR count). The summed E-state index contributed by atoms with van der Waals surface area (Å²) in [7, 11) is -1.94. The molecule has 0 saturated carbocycles. The van der Waals surface area contributed by atoms with Crippen molar-refractivity contribution in [3.8, 4) is 5.75 Å². The first kappa shape index (κ1) is 26.4. The van der Waals surface area contributed by atoms with Gasteiger partial charge in [0.05, 0.1) is 24.2 Å². The average Bonchev–Trinajstić information content (AvgIpc) is 2.87. The average molecular weight is 509 g/mol. The predicted octanol–water partition coefficient (Wildman–Crippen LogP) is 3.10. The number of benzene rings is 3. The van der Waals surface area contributed by atoms with E-state index in [-0.39, 0.29) is 18.6 Å². The summed E-state index contributed by atoms with van der Waals surface area (Å²) in [6.07, 6.45) is 2.58. The Bertz CT molecular complexity index is 1310. The molecule has 0 spiro atoms. The van der Waals surface area contributed by atoms with Crippen LogP contribution in [-0.2, 0) is 14.8 Å². The second kappa shape index (κ2) is 12.0. The molecule has 0 aliphatic rings. The summed E-state index contributed by atoms with van der Waals surface area (Å²) in [5.41, 5.74) is 4.94. The molecule has 0 aliphatic heterocycles. The van der Waals surface area contributed by atoms with Crippen LogP contribution in [0.1, 0.15) is 34.5 Å². The highest BCUT2D eigenvalue weighted by Gasteiger charge is 2.13. The van der Waals surface area contributed by atoms with E-state index in [1.54, 1.807) is 36.4 Å². The van der Waals surface area contributed by atoms with Gasteiger partial charge < -0.3 is 10.1 Å². The van der Waals surface area contributed by atoms with E-state index in [2.05, 4.69) is 15.8 Å². The van der Waals surface area contributed by atoms with Crippen molar-refractivity contribution in [2.24, 2.45) is 5.10 Å². The molecule has 10 heteroatoms. The molecule has 0 heterocycles. The van der Waals surface area contributed by atoms with Gasteiger partial charge in [0.2, 0.25) is 10.0 Å². The maximum Gasteiger partial charge on any atom is 0.271 e. The van der Waals surface area contributed by atoms with E-state index >= 15 is 0 Å². The van der Waals surface area contributed by atoms with Crippen molar-refractivity contribution in [1.29, 1.82) is 0 Å². The molecule has 1 atom stereocenters. The quantitative estimate of drug-likeness (QED) is 0.322. The molecule has 2 amide bonds. The van der Waals surface area contributed by atoms with E-state index in [1.165, 1.54) is 25.4 Å². The van der Waals surface area contributed by atoms with Gasteiger partial charge in [0.1, 0.15) is 5.75 Å². The second-order valence-corrected chi connectivity index (χ2v) is 10.0. The van der Waals surface area contributed by atoms with Crippen molar-refractivity contribution < 1.29 is 22.7 Å². The van der Waals surface area contributed by atoms with Crippen LogP contribution in [0.4, 0.5) is 5.69 Å². The van der Waals surface area contributed by atoms with E-state index < -0.39 is 15.9 Å². The Kier molecular flexibility index (Phi) is 8.80. The predicted molar refractivity (Wildman–Crippen MR) is 140 cm³/mol. The van der Waals surface area contributed by atoms with E-state index in [9.17, 15) is 18.0 Å². The molecule has 188 valence electrons. The van der Waals surface area contributed by atoms with Crippen LogP contribution < -0.4 is 19.8 Å². The van der Waals surface area contributed by atoms with Crippen LogP contribution in [0, 0.1) is 0 Å². The highest BCUT2D eigenvalue weighted by atomic mass is 32.2.